The molecule has 2 aliphatic rings. The number of benzene rings is 2. The first kappa shape index (κ1) is 23.7. The van der Waals surface area contributed by atoms with Crippen molar-refractivity contribution in [2.24, 2.45) is 0 Å². The quantitative estimate of drug-likeness (QED) is 0.504. The van der Waals surface area contributed by atoms with Gasteiger partial charge in [-0.05, 0) is 60.1 Å². The number of carboxylic acid groups (broad SMARTS) is 1. The number of aliphatic carboxylic acids is 1. The van der Waals surface area contributed by atoms with Crippen LogP contribution < -0.4 is 15.5 Å². The lowest BCUT2D eigenvalue weighted by atomic mass is 9.81. The van der Waals surface area contributed by atoms with Crippen molar-refractivity contribution in [3.63, 3.8) is 0 Å². The Hall–Kier alpha value is -3.02. The Morgan fingerprint density at radius 3 is 2.83 bits per heavy atom. The Bertz CT molecular complexity index is 1300. The third-order valence-corrected chi connectivity index (χ3v) is 7.67. The van der Waals surface area contributed by atoms with E-state index < -0.39 is 11.4 Å². The second-order valence-electron chi connectivity index (χ2n) is 9.95. The van der Waals surface area contributed by atoms with Crippen molar-refractivity contribution in [1.82, 2.24) is 14.9 Å². The van der Waals surface area contributed by atoms with Crippen LogP contribution in [0.4, 0.5) is 23.1 Å². The van der Waals surface area contributed by atoms with Gasteiger partial charge in [0.2, 0.25) is 5.95 Å². The maximum atomic E-state index is 11.7. The van der Waals surface area contributed by atoms with Crippen LogP contribution in [0.5, 0.6) is 0 Å². The van der Waals surface area contributed by atoms with Crippen LogP contribution in [0, 0.1) is 0 Å². The van der Waals surface area contributed by atoms with Crippen molar-refractivity contribution in [3.8, 4) is 0 Å². The zero-order valence-corrected chi connectivity index (χ0v) is 21.7. The van der Waals surface area contributed by atoms with E-state index in [0.717, 1.165) is 59.6 Å². The van der Waals surface area contributed by atoms with Gasteiger partial charge in [0.05, 0.1) is 6.42 Å². The first-order valence-electron chi connectivity index (χ1n) is 12.1. The molecule has 0 bridgehead atoms. The Morgan fingerprint density at radius 1 is 1.26 bits per heavy atom. The van der Waals surface area contributed by atoms with Crippen LogP contribution in [0.2, 0.25) is 0 Å². The summed E-state index contributed by atoms with van der Waals surface area (Å²) in [6.07, 6.45) is 3.79. The summed E-state index contributed by atoms with van der Waals surface area (Å²) in [5, 5.41) is 14.1. The minimum Gasteiger partial charge on any atom is -0.481 e. The highest BCUT2D eigenvalue weighted by Gasteiger charge is 2.41. The van der Waals surface area contributed by atoms with Crippen molar-refractivity contribution in [2.75, 3.05) is 30.4 Å². The first-order valence-corrected chi connectivity index (χ1v) is 12.7. The topological polar surface area (TPSA) is 81.6 Å². The highest BCUT2D eigenvalue weighted by Crippen LogP contribution is 2.46. The normalized spacial score (nSPS) is 19.4. The monoisotopic (exact) mass is 489 g/mol. The number of rotatable bonds is 6. The van der Waals surface area contributed by atoms with Crippen LogP contribution in [-0.2, 0) is 29.6 Å². The molecule has 0 saturated carbocycles. The van der Waals surface area contributed by atoms with Crippen LogP contribution in [-0.4, -0.2) is 46.1 Å². The molecule has 0 radical (unpaired) electrons. The zero-order chi connectivity index (χ0) is 24.7. The van der Waals surface area contributed by atoms with Crippen LogP contribution in [0.3, 0.4) is 0 Å². The van der Waals surface area contributed by atoms with E-state index >= 15 is 0 Å². The van der Waals surface area contributed by atoms with Crippen molar-refractivity contribution in [2.45, 2.75) is 45.1 Å². The van der Waals surface area contributed by atoms with Crippen molar-refractivity contribution in [3.05, 3.63) is 64.8 Å². The number of aromatic nitrogens is 2. The summed E-state index contributed by atoms with van der Waals surface area (Å²) >= 11 is 0. The molecule has 3 heterocycles. The van der Waals surface area contributed by atoms with E-state index in [2.05, 4.69) is 61.5 Å². The fourth-order valence-electron chi connectivity index (χ4n) is 5.35. The lowest BCUT2D eigenvalue weighted by molar-refractivity contribution is -0.138. The number of fused-ring (bicyclic) bond motifs is 2. The van der Waals surface area contributed by atoms with Gasteiger partial charge in [0, 0.05) is 48.2 Å². The van der Waals surface area contributed by atoms with E-state index in [-0.39, 0.29) is 6.42 Å². The number of hydrogen-bond donors (Lipinski definition) is 2. The molecule has 2 aliphatic heterocycles. The summed E-state index contributed by atoms with van der Waals surface area (Å²) in [4.78, 5) is 25.8. The number of likely N-dealkylation sites (N-methyl/N-ethyl adjacent to an activating group) is 1. The van der Waals surface area contributed by atoms with E-state index in [1.807, 2.05) is 31.3 Å². The average molecular weight is 490 g/mol. The molecule has 35 heavy (non-hydrogen) atoms. The second kappa shape index (κ2) is 9.21. The molecule has 0 amide bonds. The highest BCUT2D eigenvalue weighted by atomic mass is 31.0. The van der Waals surface area contributed by atoms with Crippen molar-refractivity contribution >= 4 is 43.7 Å². The Morgan fingerprint density at radius 2 is 2.06 bits per heavy atom. The molecular formula is C27H32N5O2P. The standard InChI is InChI=1S/C27H32N5O2P/c1-4-17-14-28-26(29-21-11-19-15-31(3)10-9-18(19)12-23(21)35)30-25(17)32-16-27(2,13-24(33)34)20-7-5-6-8-22(20)32/h5-8,11-12,14H,4,9-10,13,15-16,35H2,1-3H3,(H,33,34)(H,28,29,30)/t27-/m1/s1. The fraction of sp³-hybridized carbons (Fsp3) is 0.370. The number of nitrogens with one attached hydrogen (secondary N) is 1. The van der Waals surface area contributed by atoms with E-state index in [1.165, 1.54) is 11.1 Å². The van der Waals surface area contributed by atoms with Gasteiger partial charge in [0.1, 0.15) is 5.82 Å². The van der Waals surface area contributed by atoms with Gasteiger partial charge in [-0.25, -0.2) is 4.98 Å². The molecule has 1 aromatic heterocycles. The first-order chi connectivity index (χ1) is 16.8. The molecular weight excluding hydrogens is 457 g/mol. The van der Waals surface area contributed by atoms with Crippen LogP contribution in [0.15, 0.2) is 42.6 Å². The van der Waals surface area contributed by atoms with Crippen LogP contribution in [0.25, 0.3) is 0 Å². The van der Waals surface area contributed by atoms with E-state index in [1.54, 1.807) is 0 Å². The average Bonchev–Trinajstić information content (AvgIpc) is 3.11. The summed E-state index contributed by atoms with van der Waals surface area (Å²) in [7, 11) is 4.98. The Labute approximate surface area is 208 Å². The number of aryl methyl sites for hydroxylation is 1. The lowest BCUT2D eigenvalue weighted by Crippen LogP contribution is -2.31. The van der Waals surface area contributed by atoms with Gasteiger partial charge in [-0.3, -0.25) is 4.79 Å². The third-order valence-electron chi connectivity index (χ3n) is 7.19. The molecule has 2 N–H and O–H groups in total. The number of para-hydroxylation sites is 1. The SMILES string of the molecule is CCc1cnc(Nc2cc3c(cc2P)CCN(C)C3)nc1N1C[C@@](C)(CC(=O)O)c2ccccc21. The van der Waals surface area contributed by atoms with Crippen LogP contribution in [0.1, 0.15) is 42.5 Å². The minimum absolute atomic E-state index is 0.0676. The van der Waals surface area contributed by atoms with E-state index in [0.29, 0.717) is 12.5 Å². The van der Waals surface area contributed by atoms with Gasteiger partial charge in [0.25, 0.3) is 0 Å². The zero-order valence-electron chi connectivity index (χ0n) is 20.5. The van der Waals surface area contributed by atoms with Crippen LogP contribution >= 0.6 is 9.24 Å². The summed E-state index contributed by atoms with van der Waals surface area (Å²) < 4.78 is 0. The Kier molecular flexibility index (Phi) is 6.24. The Balaban J connectivity index is 1.51. The number of carboxylic acids is 1. The molecule has 0 aliphatic carbocycles. The van der Waals surface area contributed by atoms with E-state index in [9.17, 15) is 9.90 Å². The minimum atomic E-state index is -0.795. The molecule has 0 saturated heterocycles. The largest absolute Gasteiger partial charge is 0.481 e. The summed E-state index contributed by atoms with van der Waals surface area (Å²) in [6.45, 7) is 6.68. The number of hydrogen-bond acceptors (Lipinski definition) is 6. The van der Waals surface area contributed by atoms with Gasteiger partial charge < -0.3 is 20.2 Å². The number of nitrogens with zero attached hydrogens (tertiary/aromatic N) is 4. The number of carbonyl (C=O) groups is 1. The lowest BCUT2D eigenvalue weighted by Gasteiger charge is -2.27. The van der Waals surface area contributed by atoms with Crippen molar-refractivity contribution in [1.29, 1.82) is 0 Å². The molecule has 5 rings (SSSR count). The molecule has 2 atom stereocenters. The molecule has 1 unspecified atom stereocenters. The fourth-order valence-corrected chi connectivity index (χ4v) is 5.71. The van der Waals surface area contributed by atoms with E-state index in [4.69, 9.17) is 4.98 Å². The molecule has 8 heteroatoms. The smallest absolute Gasteiger partial charge is 0.304 e. The van der Waals surface area contributed by atoms with Gasteiger partial charge in [-0.1, -0.05) is 32.0 Å². The van der Waals surface area contributed by atoms with Gasteiger partial charge in [0.15, 0.2) is 0 Å². The predicted octanol–water partition coefficient (Wildman–Crippen LogP) is 4.16. The van der Waals surface area contributed by atoms with Gasteiger partial charge in [-0.2, -0.15) is 4.98 Å². The van der Waals surface area contributed by atoms with Crippen molar-refractivity contribution < 1.29 is 9.90 Å². The number of anilines is 4. The molecule has 2 aromatic carbocycles. The molecule has 0 fully saturated rings. The van der Waals surface area contributed by atoms with Gasteiger partial charge in [-0.15, -0.1) is 9.24 Å². The highest BCUT2D eigenvalue weighted by molar-refractivity contribution is 7.28. The predicted molar refractivity (Wildman–Crippen MR) is 144 cm³/mol. The molecule has 7 nitrogen and oxygen atoms in total. The molecule has 182 valence electrons. The van der Waals surface area contributed by atoms with Gasteiger partial charge >= 0.3 is 5.97 Å². The maximum absolute atomic E-state index is 11.7. The summed E-state index contributed by atoms with van der Waals surface area (Å²) in [5.41, 5.74) is 6.30. The maximum Gasteiger partial charge on any atom is 0.304 e. The molecule has 3 aromatic rings. The second-order valence-corrected chi connectivity index (χ2v) is 10.6. The summed E-state index contributed by atoms with van der Waals surface area (Å²) in [5.74, 6) is 0.569. The summed E-state index contributed by atoms with van der Waals surface area (Å²) in [6, 6.07) is 12.5. The third kappa shape index (κ3) is 4.51. The molecule has 0 spiro atoms.